The minimum Gasteiger partial charge on any atom is -0.481 e. The van der Waals surface area contributed by atoms with Gasteiger partial charge in [0.05, 0.1) is 17.9 Å². The van der Waals surface area contributed by atoms with Crippen LogP contribution in [-0.4, -0.2) is 22.0 Å². The molecule has 1 amide bonds. The summed E-state index contributed by atoms with van der Waals surface area (Å²) in [5, 5.41) is 12.4. The average Bonchev–Trinajstić information content (AvgIpc) is 3.08. The van der Waals surface area contributed by atoms with E-state index in [4.69, 9.17) is 0 Å². The molecule has 0 aromatic carbocycles. The lowest BCUT2D eigenvalue weighted by molar-refractivity contribution is -0.149. The van der Waals surface area contributed by atoms with Gasteiger partial charge in [0.1, 0.15) is 0 Å². The lowest BCUT2D eigenvalue weighted by atomic mass is 9.78. The molecule has 1 heterocycles. The van der Waals surface area contributed by atoms with E-state index in [9.17, 15) is 14.7 Å². The molecule has 1 aromatic heterocycles. The highest BCUT2D eigenvalue weighted by Crippen LogP contribution is 2.52. The first-order valence-corrected chi connectivity index (χ1v) is 7.51. The van der Waals surface area contributed by atoms with Crippen molar-refractivity contribution in [1.82, 2.24) is 10.3 Å². The number of fused-ring (bicyclic) bond motifs is 2. The van der Waals surface area contributed by atoms with Gasteiger partial charge in [-0.3, -0.25) is 14.6 Å². The average molecular weight is 288 g/mol. The second kappa shape index (κ2) is 5.47. The fourth-order valence-corrected chi connectivity index (χ4v) is 4.07. The summed E-state index contributed by atoms with van der Waals surface area (Å²) in [5.41, 5.74) is 0.980. The van der Waals surface area contributed by atoms with Crippen molar-refractivity contribution in [3.8, 4) is 0 Å². The quantitative estimate of drug-likeness (QED) is 0.888. The maximum atomic E-state index is 12.5. The number of hydrogen-bond donors (Lipinski definition) is 2. The van der Waals surface area contributed by atoms with Crippen molar-refractivity contribution in [1.29, 1.82) is 0 Å². The SMILES string of the molecule is C[C@@H](NC(=O)[C@H]1[C@@H]2CC[C@@H](C2)[C@@H]1C(=O)O)c1ccncc1. The zero-order valence-corrected chi connectivity index (χ0v) is 12.0. The normalized spacial score (nSPS) is 31.9. The summed E-state index contributed by atoms with van der Waals surface area (Å²) in [4.78, 5) is 28.0. The number of rotatable bonds is 4. The molecule has 0 unspecified atom stereocenters. The van der Waals surface area contributed by atoms with Crippen LogP contribution in [0.2, 0.25) is 0 Å². The summed E-state index contributed by atoms with van der Waals surface area (Å²) < 4.78 is 0. The van der Waals surface area contributed by atoms with Crippen LogP contribution in [0.3, 0.4) is 0 Å². The number of nitrogens with one attached hydrogen (secondary N) is 1. The number of aliphatic carboxylic acids is 1. The zero-order valence-electron chi connectivity index (χ0n) is 12.0. The molecule has 0 spiro atoms. The van der Waals surface area contributed by atoms with Crippen LogP contribution in [0.1, 0.15) is 37.8 Å². The van der Waals surface area contributed by atoms with E-state index in [0.717, 1.165) is 24.8 Å². The van der Waals surface area contributed by atoms with Crippen molar-refractivity contribution < 1.29 is 14.7 Å². The lowest BCUT2D eigenvalue weighted by Gasteiger charge is -2.28. The summed E-state index contributed by atoms with van der Waals surface area (Å²) in [7, 11) is 0. The number of pyridine rings is 1. The molecule has 2 N–H and O–H groups in total. The largest absolute Gasteiger partial charge is 0.481 e. The number of carbonyl (C=O) groups is 2. The molecule has 2 bridgehead atoms. The first-order valence-electron chi connectivity index (χ1n) is 7.51. The smallest absolute Gasteiger partial charge is 0.307 e. The van der Waals surface area contributed by atoms with Crippen molar-refractivity contribution in [2.75, 3.05) is 0 Å². The van der Waals surface area contributed by atoms with E-state index >= 15 is 0 Å². The van der Waals surface area contributed by atoms with Gasteiger partial charge in [-0.15, -0.1) is 0 Å². The van der Waals surface area contributed by atoms with Gasteiger partial charge in [-0.05, 0) is 55.7 Å². The first-order chi connectivity index (χ1) is 10.1. The highest BCUT2D eigenvalue weighted by atomic mass is 16.4. The highest BCUT2D eigenvalue weighted by molar-refractivity contribution is 5.86. The van der Waals surface area contributed by atoms with Gasteiger partial charge in [0.15, 0.2) is 0 Å². The Labute approximate surface area is 123 Å². The third kappa shape index (κ3) is 2.52. The number of carboxylic acid groups (broad SMARTS) is 1. The second-order valence-electron chi connectivity index (χ2n) is 6.23. The van der Waals surface area contributed by atoms with Gasteiger partial charge in [-0.2, -0.15) is 0 Å². The van der Waals surface area contributed by atoms with E-state index in [2.05, 4.69) is 10.3 Å². The molecule has 3 rings (SSSR count). The third-order valence-electron chi connectivity index (χ3n) is 5.07. The fourth-order valence-electron chi connectivity index (χ4n) is 4.07. The monoisotopic (exact) mass is 288 g/mol. The zero-order chi connectivity index (χ0) is 15.0. The molecule has 0 saturated heterocycles. The van der Waals surface area contributed by atoms with Gasteiger partial charge < -0.3 is 10.4 Å². The number of amides is 1. The third-order valence-corrected chi connectivity index (χ3v) is 5.07. The Morgan fingerprint density at radius 2 is 1.86 bits per heavy atom. The number of aromatic nitrogens is 1. The molecule has 0 aliphatic heterocycles. The standard InChI is InChI=1S/C16H20N2O3/c1-9(10-4-6-17-7-5-10)18-15(19)13-11-2-3-12(8-11)14(13)16(20)21/h4-7,9,11-14H,2-3,8H2,1H3,(H,18,19)(H,20,21)/t9-,11-,12+,13+,14+/m1/s1. The Morgan fingerprint density at radius 1 is 1.24 bits per heavy atom. The van der Waals surface area contributed by atoms with E-state index in [0.29, 0.717) is 0 Å². The molecule has 1 aromatic rings. The molecular weight excluding hydrogens is 268 g/mol. The lowest BCUT2D eigenvalue weighted by Crippen LogP contribution is -2.42. The number of nitrogens with zero attached hydrogens (tertiary/aromatic N) is 1. The van der Waals surface area contributed by atoms with Crippen LogP contribution >= 0.6 is 0 Å². The van der Waals surface area contributed by atoms with Crippen LogP contribution in [0.25, 0.3) is 0 Å². The Morgan fingerprint density at radius 3 is 2.48 bits per heavy atom. The fraction of sp³-hybridized carbons (Fsp3) is 0.562. The summed E-state index contributed by atoms with van der Waals surface area (Å²) >= 11 is 0. The van der Waals surface area contributed by atoms with Crippen LogP contribution in [-0.2, 0) is 9.59 Å². The number of carboxylic acids is 1. The van der Waals surface area contributed by atoms with E-state index < -0.39 is 11.9 Å². The highest BCUT2D eigenvalue weighted by Gasteiger charge is 2.54. The molecule has 112 valence electrons. The van der Waals surface area contributed by atoms with Gasteiger partial charge >= 0.3 is 5.97 Å². The van der Waals surface area contributed by atoms with Gasteiger partial charge in [0.2, 0.25) is 5.91 Å². The van der Waals surface area contributed by atoms with Crippen LogP contribution in [0, 0.1) is 23.7 Å². The van der Waals surface area contributed by atoms with Crippen molar-refractivity contribution in [2.24, 2.45) is 23.7 Å². The molecule has 21 heavy (non-hydrogen) atoms. The molecule has 5 atom stereocenters. The number of carbonyl (C=O) groups excluding carboxylic acids is 1. The Hall–Kier alpha value is -1.91. The van der Waals surface area contributed by atoms with Crippen molar-refractivity contribution in [3.63, 3.8) is 0 Å². The van der Waals surface area contributed by atoms with Crippen LogP contribution in [0.5, 0.6) is 0 Å². The Balaban J connectivity index is 1.72. The van der Waals surface area contributed by atoms with Crippen LogP contribution < -0.4 is 5.32 Å². The van der Waals surface area contributed by atoms with Gasteiger partial charge in [0, 0.05) is 12.4 Å². The number of hydrogen-bond acceptors (Lipinski definition) is 3. The maximum absolute atomic E-state index is 12.5. The van der Waals surface area contributed by atoms with Crippen molar-refractivity contribution in [3.05, 3.63) is 30.1 Å². The minimum absolute atomic E-state index is 0.112. The van der Waals surface area contributed by atoms with Gasteiger partial charge in [-0.1, -0.05) is 0 Å². The minimum atomic E-state index is -0.820. The molecule has 0 radical (unpaired) electrons. The second-order valence-corrected chi connectivity index (χ2v) is 6.23. The van der Waals surface area contributed by atoms with Crippen LogP contribution in [0.15, 0.2) is 24.5 Å². The summed E-state index contributed by atoms with van der Waals surface area (Å²) in [6.07, 6.45) is 6.20. The van der Waals surface area contributed by atoms with E-state index in [-0.39, 0.29) is 29.7 Å². The summed E-state index contributed by atoms with van der Waals surface area (Å²) in [6, 6.07) is 3.59. The summed E-state index contributed by atoms with van der Waals surface area (Å²) in [5.74, 6) is -1.39. The molecule has 2 aliphatic rings. The first kappa shape index (κ1) is 14.0. The predicted molar refractivity (Wildman–Crippen MR) is 76.2 cm³/mol. The van der Waals surface area contributed by atoms with Crippen LogP contribution in [0.4, 0.5) is 0 Å². The van der Waals surface area contributed by atoms with Gasteiger partial charge in [-0.25, -0.2) is 0 Å². The predicted octanol–water partition coefficient (Wildman–Crippen LogP) is 2.01. The van der Waals surface area contributed by atoms with Crippen molar-refractivity contribution in [2.45, 2.75) is 32.2 Å². The Kier molecular flexibility index (Phi) is 3.66. The molecular formula is C16H20N2O3. The Bertz CT molecular complexity index is 546. The molecule has 2 aliphatic carbocycles. The molecule has 5 heteroatoms. The van der Waals surface area contributed by atoms with Crippen molar-refractivity contribution >= 4 is 11.9 Å². The topological polar surface area (TPSA) is 79.3 Å². The molecule has 2 saturated carbocycles. The van der Waals surface area contributed by atoms with Gasteiger partial charge in [0.25, 0.3) is 0 Å². The van der Waals surface area contributed by atoms with E-state index in [1.54, 1.807) is 12.4 Å². The molecule has 5 nitrogen and oxygen atoms in total. The van der Waals surface area contributed by atoms with E-state index in [1.165, 1.54) is 0 Å². The molecule has 2 fully saturated rings. The summed E-state index contributed by atoms with van der Waals surface area (Å²) in [6.45, 7) is 1.91. The van der Waals surface area contributed by atoms with E-state index in [1.807, 2.05) is 19.1 Å². The maximum Gasteiger partial charge on any atom is 0.307 e.